The molecule has 0 spiro atoms. The summed E-state index contributed by atoms with van der Waals surface area (Å²) in [7, 11) is -3.00. The first-order valence-electron chi connectivity index (χ1n) is 11.2. The zero-order valence-corrected chi connectivity index (χ0v) is 21.9. The van der Waals surface area contributed by atoms with Gasteiger partial charge < -0.3 is 9.84 Å². The van der Waals surface area contributed by atoms with Crippen molar-refractivity contribution in [1.29, 1.82) is 0 Å². The molecule has 0 bridgehead atoms. The summed E-state index contributed by atoms with van der Waals surface area (Å²) in [6.07, 6.45) is 5.02. The van der Waals surface area contributed by atoms with Gasteiger partial charge in [0.1, 0.15) is 16.6 Å². The Morgan fingerprint density at radius 3 is 2.64 bits per heavy atom. The Labute approximate surface area is 212 Å². The summed E-state index contributed by atoms with van der Waals surface area (Å²) in [6, 6.07) is 5.44. The number of halogens is 1. The van der Waals surface area contributed by atoms with Crippen molar-refractivity contribution in [1.82, 2.24) is 9.97 Å². The Kier molecular flexibility index (Phi) is 6.89. The molecule has 3 aromatic rings. The molecule has 0 fully saturated rings. The van der Waals surface area contributed by atoms with Crippen LogP contribution in [0.25, 0.3) is 16.1 Å². The van der Waals surface area contributed by atoms with Crippen molar-refractivity contribution < 1.29 is 27.4 Å². The number of nitrogens with one attached hydrogen (secondary N) is 1. The predicted octanol–water partition coefficient (Wildman–Crippen LogP) is 5.75. The van der Waals surface area contributed by atoms with Crippen molar-refractivity contribution in [3.05, 3.63) is 58.5 Å². The summed E-state index contributed by atoms with van der Waals surface area (Å²) < 4.78 is 47.7. The van der Waals surface area contributed by atoms with E-state index in [4.69, 9.17) is 14.8 Å². The van der Waals surface area contributed by atoms with E-state index < -0.39 is 27.4 Å². The van der Waals surface area contributed by atoms with Crippen LogP contribution in [0.1, 0.15) is 54.9 Å². The summed E-state index contributed by atoms with van der Waals surface area (Å²) in [5.74, 6) is -2.73. The summed E-state index contributed by atoms with van der Waals surface area (Å²) in [5.41, 5.74) is 2.86. The highest BCUT2D eigenvalue weighted by Gasteiger charge is 2.26. The number of sulfonamides is 1. The van der Waals surface area contributed by atoms with Crippen LogP contribution in [-0.4, -0.2) is 36.6 Å². The van der Waals surface area contributed by atoms with Gasteiger partial charge in [-0.2, -0.15) is 8.42 Å². The van der Waals surface area contributed by atoms with Gasteiger partial charge in [0.25, 0.3) is 10.0 Å². The minimum absolute atomic E-state index is 0.134. The number of anilines is 1. The van der Waals surface area contributed by atoms with E-state index in [2.05, 4.69) is 29.6 Å². The lowest BCUT2D eigenvalue weighted by molar-refractivity contribution is 0.0691. The highest BCUT2D eigenvalue weighted by Crippen LogP contribution is 2.41. The van der Waals surface area contributed by atoms with Gasteiger partial charge in [-0.1, -0.05) is 19.9 Å². The molecule has 190 valence electrons. The van der Waals surface area contributed by atoms with Crippen LogP contribution in [0.5, 0.6) is 5.75 Å². The number of aromatic carboxylic acids is 1. The molecular weight excluding hydrogens is 505 g/mol. The quantitative estimate of drug-likeness (QED) is 0.398. The van der Waals surface area contributed by atoms with Gasteiger partial charge in [0.05, 0.1) is 24.1 Å². The maximum Gasteiger partial charge on any atom is 0.338 e. The van der Waals surface area contributed by atoms with Gasteiger partial charge in [-0.3, -0.25) is 9.71 Å². The van der Waals surface area contributed by atoms with Gasteiger partial charge in [0.2, 0.25) is 0 Å². The number of ether oxygens (including phenoxy) is 1. The van der Waals surface area contributed by atoms with Gasteiger partial charge >= 0.3 is 5.97 Å². The van der Waals surface area contributed by atoms with E-state index in [9.17, 15) is 17.6 Å². The first-order chi connectivity index (χ1) is 16.9. The number of carboxylic acids is 1. The lowest BCUT2D eigenvalue weighted by Gasteiger charge is -2.29. The van der Waals surface area contributed by atoms with E-state index in [0.29, 0.717) is 5.01 Å². The van der Waals surface area contributed by atoms with Gasteiger partial charge in [-0.05, 0) is 55.4 Å². The molecule has 1 aliphatic rings. The SMILES string of the molecule is COc1cc(C(=O)O)c(F)cc1NS(=O)(=O)c1csc(-c2ccc(C)nc2C2=CCC(C)(C)CC2)n1. The third-order valence-electron chi connectivity index (χ3n) is 6.06. The van der Waals surface area contributed by atoms with Crippen molar-refractivity contribution in [2.45, 2.75) is 45.1 Å². The molecule has 0 aliphatic heterocycles. The number of rotatable bonds is 7. The Hall–Kier alpha value is -3.31. The van der Waals surface area contributed by atoms with Crippen LogP contribution >= 0.6 is 11.3 Å². The molecule has 4 rings (SSSR count). The molecule has 1 aliphatic carbocycles. The van der Waals surface area contributed by atoms with Crippen LogP contribution in [0.15, 0.2) is 40.7 Å². The number of pyridine rings is 1. The maximum atomic E-state index is 14.2. The van der Waals surface area contributed by atoms with Crippen LogP contribution < -0.4 is 9.46 Å². The molecule has 1 aromatic carbocycles. The molecule has 11 heteroatoms. The Morgan fingerprint density at radius 1 is 1.25 bits per heavy atom. The Bertz CT molecular complexity index is 1480. The van der Waals surface area contributed by atoms with E-state index in [1.807, 2.05) is 19.1 Å². The number of aromatic nitrogens is 2. The van der Waals surface area contributed by atoms with E-state index in [1.54, 1.807) is 0 Å². The van der Waals surface area contributed by atoms with Crippen LogP contribution in [0, 0.1) is 18.2 Å². The lowest BCUT2D eigenvalue weighted by atomic mass is 9.77. The number of aryl methyl sites for hydroxylation is 1. The smallest absolute Gasteiger partial charge is 0.338 e. The predicted molar refractivity (Wildman–Crippen MR) is 136 cm³/mol. The molecule has 0 saturated heterocycles. The zero-order chi connectivity index (χ0) is 26.3. The number of methoxy groups -OCH3 is 1. The third-order valence-corrected chi connectivity index (χ3v) is 8.34. The topological polar surface area (TPSA) is 118 Å². The Balaban J connectivity index is 1.68. The van der Waals surface area contributed by atoms with Gasteiger partial charge in [0.15, 0.2) is 5.03 Å². The number of thiazole rings is 1. The molecule has 36 heavy (non-hydrogen) atoms. The van der Waals surface area contributed by atoms with Crippen molar-refractivity contribution >= 4 is 38.6 Å². The van der Waals surface area contributed by atoms with E-state index >= 15 is 0 Å². The highest BCUT2D eigenvalue weighted by molar-refractivity contribution is 7.92. The van der Waals surface area contributed by atoms with Crippen molar-refractivity contribution in [3.63, 3.8) is 0 Å². The normalized spacial score (nSPS) is 15.3. The molecule has 2 aromatic heterocycles. The fourth-order valence-electron chi connectivity index (χ4n) is 3.93. The van der Waals surface area contributed by atoms with E-state index in [-0.39, 0.29) is 21.9 Å². The Morgan fingerprint density at radius 2 is 2.00 bits per heavy atom. The average Bonchev–Trinajstić information content (AvgIpc) is 3.30. The molecule has 0 saturated carbocycles. The van der Waals surface area contributed by atoms with Crippen molar-refractivity contribution in [2.75, 3.05) is 11.8 Å². The third kappa shape index (κ3) is 5.26. The van der Waals surface area contributed by atoms with Crippen molar-refractivity contribution in [3.8, 4) is 16.3 Å². The maximum absolute atomic E-state index is 14.2. The van der Waals surface area contributed by atoms with Crippen LogP contribution in [0.2, 0.25) is 0 Å². The first-order valence-corrected chi connectivity index (χ1v) is 13.5. The first kappa shape index (κ1) is 25.8. The molecule has 0 amide bonds. The summed E-state index contributed by atoms with van der Waals surface area (Å²) in [4.78, 5) is 20.3. The second-order valence-electron chi connectivity index (χ2n) is 9.38. The van der Waals surface area contributed by atoms with Crippen molar-refractivity contribution in [2.24, 2.45) is 5.41 Å². The highest BCUT2D eigenvalue weighted by atomic mass is 32.2. The second-order valence-corrected chi connectivity index (χ2v) is 11.9. The minimum Gasteiger partial charge on any atom is -0.495 e. The summed E-state index contributed by atoms with van der Waals surface area (Å²) >= 11 is 1.16. The lowest BCUT2D eigenvalue weighted by Crippen LogP contribution is -2.15. The van der Waals surface area contributed by atoms with Crippen LogP contribution in [-0.2, 0) is 10.0 Å². The van der Waals surface area contributed by atoms with E-state index in [1.165, 1.54) is 12.5 Å². The zero-order valence-electron chi connectivity index (χ0n) is 20.3. The number of carboxylic acid groups (broad SMARTS) is 1. The number of hydrogen-bond donors (Lipinski definition) is 2. The molecular formula is C25H26FN3O5S2. The number of nitrogens with zero attached hydrogens (tertiary/aromatic N) is 2. The number of allylic oxidation sites excluding steroid dienone is 2. The summed E-state index contributed by atoms with van der Waals surface area (Å²) in [6.45, 7) is 6.36. The summed E-state index contributed by atoms with van der Waals surface area (Å²) in [5, 5.41) is 10.7. The fraction of sp³-hybridized carbons (Fsp3) is 0.320. The molecule has 2 heterocycles. The molecule has 0 unspecified atom stereocenters. The molecule has 8 nitrogen and oxygen atoms in total. The van der Waals surface area contributed by atoms with E-state index in [0.717, 1.165) is 65.3 Å². The largest absolute Gasteiger partial charge is 0.495 e. The molecule has 0 radical (unpaired) electrons. The monoisotopic (exact) mass is 531 g/mol. The van der Waals surface area contributed by atoms with Crippen LogP contribution in [0.3, 0.4) is 0 Å². The average molecular weight is 532 g/mol. The fourth-order valence-corrected chi connectivity index (χ4v) is 6.12. The minimum atomic E-state index is -4.22. The van der Waals surface area contributed by atoms with Crippen LogP contribution in [0.4, 0.5) is 10.1 Å². The molecule has 0 atom stereocenters. The second kappa shape index (κ2) is 9.62. The number of carbonyl (C=O) groups is 1. The number of hydrogen-bond acceptors (Lipinski definition) is 7. The van der Waals surface area contributed by atoms with Gasteiger partial charge in [-0.25, -0.2) is 14.2 Å². The standard InChI is InChI=1S/C25H26FN3O5S2/c1-14-5-6-16(22(27-14)15-7-9-25(2,3)10-8-15)23-28-21(13-35-23)36(32,33)29-19-12-18(26)17(24(30)31)11-20(19)34-4/h5-7,11-13,29H,8-10H2,1-4H3,(H,30,31). The number of benzene rings is 1. The molecule has 2 N–H and O–H groups in total. The van der Waals surface area contributed by atoms with Gasteiger partial charge in [-0.15, -0.1) is 11.3 Å². The van der Waals surface area contributed by atoms with Gasteiger partial charge in [0, 0.05) is 22.7 Å².